The second kappa shape index (κ2) is 8.08. The van der Waals surface area contributed by atoms with Crippen molar-refractivity contribution in [1.82, 2.24) is 9.97 Å². The molecule has 0 fully saturated rings. The topological polar surface area (TPSA) is 83.3 Å². The van der Waals surface area contributed by atoms with Gasteiger partial charge in [0, 0.05) is 24.2 Å². The SMILES string of the molecule is Cl.Cl.Nc1ncc(-c2ccncc2)cc1Cl.O. The van der Waals surface area contributed by atoms with Crippen LogP contribution >= 0.6 is 36.4 Å². The Labute approximate surface area is 116 Å². The minimum Gasteiger partial charge on any atom is -0.412 e. The van der Waals surface area contributed by atoms with Gasteiger partial charge in [-0.3, -0.25) is 4.98 Å². The van der Waals surface area contributed by atoms with Crippen LogP contribution in [0.4, 0.5) is 5.82 Å². The van der Waals surface area contributed by atoms with Crippen LogP contribution in [0.3, 0.4) is 0 Å². The maximum atomic E-state index is 5.86. The quantitative estimate of drug-likeness (QED) is 0.877. The Morgan fingerprint density at radius 1 is 1.06 bits per heavy atom. The number of nitrogens with zero attached hydrogens (tertiary/aromatic N) is 2. The third-order valence-corrected chi connectivity index (χ3v) is 2.19. The molecule has 0 spiro atoms. The summed E-state index contributed by atoms with van der Waals surface area (Å²) in [5, 5.41) is 0.472. The molecule has 0 saturated heterocycles. The smallest absolute Gasteiger partial charge is 0.142 e. The molecule has 0 unspecified atom stereocenters. The molecule has 2 aromatic heterocycles. The number of pyridine rings is 2. The highest BCUT2D eigenvalue weighted by Gasteiger charge is 2.01. The minimum atomic E-state index is 0. The van der Waals surface area contributed by atoms with Crippen LogP contribution in [-0.4, -0.2) is 15.4 Å². The van der Waals surface area contributed by atoms with Crippen molar-refractivity contribution in [2.24, 2.45) is 0 Å². The predicted octanol–water partition coefficient (Wildman–Crippen LogP) is 2.40. The number of halogens is 3. The van der Waals surface area contributed by atoms with Gasteiger partial charge in [-0.1, -0.05) is 11.6 Å². The van der Waals surface area contributed by atoms with E-state index in [-0.39, 0.29) is 30.3 Å². The molecule has 94 valence electrons. The molecule has 0 aliphatic rings. The second-order valence-corrected chi connectivity index (χ2v) is 3.23. The predicted molar refractivity (Wildman–Crippen MR) is 75.0 cm³/mol. The highest BCUT2D eigenvalue weighted by atomic mass is 35.5. The zero-order chi connectivity index (χ0) is 9.97. The lowest BCUT2D eigenvalue weighted by atomic mass is 10.1. The number of nitrogens with two attached hydrogens (primary N) is 1. The van der Waals surface area contributed by atoms with E-state index in [4.69, 9.17) is 17.3 Å². The minimum absolute atomic E-state index is 0. The molecule has 0 aromatic carbocycles. The number of aromatic nitrogens is 2. The zero-order valence-corrected chi connectivity index (χ0v) is 11.0. The van der Waals surface area contributed by atoms with Gasteiger partial charge in [-0.05, 0) is 23.8 Å². The lowest BCUT2D eigenvalue weighted by Crippen LogP contribution is -1.91. The molecule has 0 amide bonds. The van der Waals surface area contributed by atoms with E-state index in [9.17, 15) is 0 Å². The average molecular weight is 297 g/mol. The Morgan fingerprint density at radius 2 is 1.65 bits per heavy atom. The molecule has 0 aliphatic carbocycles. The van der Waals surface area contributed by atoms with Crippen molar-refractivity contribution in [3.63, 3.8) is 0 Å². The molecule has 2 heterocycles. The highest BCUT2D eigenvalue weighted by Crippen LogP contribution is 2.24. The third-order valence-electron chi connectivity index (χ3n) is 1.88. The maximum absolute atomic E-state index is 5.86. The van der Waals surface area contributed by atoms with Gasteiger partial charge in [-0.15, -0.1) is 24.8 Å². The lowest BCUT2D eigenvalue weighted by molar-refractivity contribution is 0.824. The molecule has 2 rings (SSSR count). The molecule has 4 N–H and O–H groups in total. The van der Waals surface area contributed by atoms with Crippen molar-refractivity contribution in [1.29, 1.82) is 0 Å². The Hall–Kier alpha value is -1.07. The normalized spacial score (nSPS) is 8.29. The van der Waals surface area contributed by atoms with Crippen LogP contribution < -0.4 is 5.73 Å². The molecular weight excluding hydrogens is 284 g/mol. The fraction of sp³-hybridized carbons (Fsp3) is 0. The van der Waals surface area contributed by atoms with Gasteiger partial charge in [0.2, 0.25) is 0 Å². The summed E-state index contributed by atoms with van der Waals surface area (Å²) in [4.78, 5) is 7.91. The van der Waals surface area contributed by atoms with Gasteiger partial charge in [0.25, 0.3) is 0 Å². The second-order valence-electron chi connectivity index (χ2n) is 2.83. The molecule has 0 radical (unpaired) electrons. The van der Waals surface area contributed by atoms with Crippen LogP contribution in [0.2, 0.25) is 5.02 Å². The van der Waals surface area contributed by atoms with Gasteiger partial charge >= 0.3 is 0 Å². The van der Waals surface area contributed by atoms with Crippen molar-refractivity contribution in [2.45, 2.75) is 0 Å². The molecule has 7 heteroatoms. The number of rotatable bonds is 1. The number of anilines is 1. The Bertz CT molecular complexity index is 454. The first-order valence-electron chi connectivity index (χ1n) is 4.09. The van der Waals surface area contributed by atoms with Gasteiger partial charge in [-0.2, -0.15) is 0 Å². The van der Waals surface area contributed by atoms with Crippen LogP contribution in [0.5, 0.6) is 0 Å². The van der Waals surface area contributed by atoms with Gasteiger partial charge in [0.15, 0.2) is 0 Å². The summed E-state index contributed by atoms with van der Waals surface area (Å²) < 4.78 is 0. The number of hydrogen-bond donors (Lipinski definition) is 1. The van der Waals surface area contributed by atoms with Crippen LogP contribution in [0.15, 0.2) is 36.8 Å². The fourth-order valence-corrected chi connectivity index (χ4v) is 1.32. The van der Waals surface area contributed by atoms with Crippen LogP contribution in [-0.2, 0) is 0 Å². The number of hydrogen-bond acceptors (Lipinski definition) is 3. The van der Waals surface area contributed by atoms with Crippen molar-refractivity contribution >= 4 is 42.2 Å². The first-order chi connectivity index (χ1) is 6.77. The van der Waals surface area contributed by atoms with Gasteiger partial charge in [0.1, 0.15) is 5.82 Å². The molecule has 0 bridgehead atoms. The summed E-state index contributed by atoms with van der Waals surface area (Å²) >= 11 is 5.86. The van der Waals surface area contributed by atoms with E-state index < -0.39 is 0 Å². The van der Waals surface area contributed by atoms with E-state index >= 15 is 0 Å². The standard InChI is InChI=1S/C10H8ClN3.2ClH.H2O/c11-9-5-8(6-14-10(9)12)7-1-3-13-4-2-7;;;/h1-6H,(H2,12,14);2*1H;1H2. The Morgan fingerprint density at radius 3 is 2.18 bits per heavy atom. The number of nitrogen functional groups attached to an aromatic ring is 1. The molecule has 2 aromatic rings. The van der Waals surface area contributed by atoms with Crippen molar-refractivity contribution < 1.29 is 5.48 Å². The molecular formula is C10H12Cl3N3O. The summed E-state index contributed by atoms with van der Waals surface area (Å²) in [5.41, 5.74) is 7.47. The molecule has 0 saturated carbocycles. The molecule has 4 nitrogen and oxygen atoms in total. The summed E-state index contributed by atoms with van der Waals surface area (Å²) in [6, 6.07) is 5.58. The monoisotopic (exact) mass is 295 g/mol. The van der Waals surface area contributed by atoms with E-state index in [1.54, 1.807) is 24.7 Å². The first kappa shape index (κ1) is 18.3. The van der Waals surface area contributed by atoms with Crippen LogP contribution in [0.1, 0.15) is 0 Å². The summed E-state index contributed by atoms with van der Waals surface area (Å²) in [7, 11) is 0. The summed E-state index contributed by atoms with van der Waals surface area (Å²) in [6.07, 6.45) is 5.13. The van der Waals surface area contributed by atoms with E-state index in [0.717, 1.165) is 11.1 Å². The van der Waals surface area contributed by atoms with E-state index in [2.05, 4.69) is 9.97 Å². The largest absolute Gasteiger partial charge is 0.412 e. The van der Waals surface area contributed by atoms with Crippen molar-refractivity contribution in [3.05, 3.63) is 41.8 Å². The van der Waals surface area contributed by atoms with Crippen molar-refractivity contribution in [2.75, 3.05) is 5.73 Å². The summed E-state index contributed by atoms with van der Waals surface area (Å²) in [6.45, 7) is 0. The fourth-order valence-electron chi connectivity index (χ4n) is 1.15. The lowest BCUT2D eigenvalue weighted by Gasteiger charge is -2.02. The maximum Gasteiger partial charge on any atom is 0.142 e. The zero-order valence-electron chi connectivity index (χ0n) is 8.63. The van der Waals surface area contributed by atoms with Crippen LogP contribution in [0.25, 0.3) is 11.1 Å². The third kappa shape index (κ3) is 4.36. The Balaban J connectivity index is 0. The van der Waals surface area contributed by atoms with Gasteiger partial charge in [-0.25, -0.2) is 4.98 Å². The van der Waals surface area contributed by atoms with E-state index in [0.29, 0.717) is 10.8 Å². The summed E-state index contributed by atoms with van der Waals surface area (Å²) in [5.74, 6) is 0.351. The first-order valence-corrected chi connectivity index (χ1v) is 4.46. The molecule has 0 atom stereocenters. The van der Waals surface area contributed by atoms with E-state index in [1.165, 1.54) is 0 Å². The molecule has 17 heavy (non-hydrogen) atoms. The highest BCUT2D eigenvalue weighted by molar-refractivity contribution is 6.33. The van der Waals surface area contributed by atoms with Crippen LogP contribution in [0, 0.1) is 0 Å². The molecule has 0 aliphatic heterocycles. The van der Waals surface area contributed by atoms with E-state index in [1.807, 2.05) is 12.1 Å². The Kier molecular flexibility index (Phi) is 8.70. The van der Waals surface area contributed by atoms with Crippen molar-refractivity contribution in [3.8, 4) is 11.1 Å². The van der Waals surface area contributed by atoms with Gasteiger partial charge in [0.05, 0.1) is 5.02 Å². The average Bonchev–Trinajstić information content (AvgIpc) is 2.23. The van der Waals surface area contributed by atoms with Gasteiger partial charge < -0.3 is 11.2 Å².